The van der Waals surface area contributed by atoms with Gasteiger partial charge in [0.25, 0.3) is 0 Å². The van der Waals surface area contributed by atoms with Crippen LogP contribution in [0.25, 0.3) is 11.1 Å². The number of phenols is 1. The van der Waals surface area contributed by atoms with Crippen molar-refractivity contribution in [3.05, 3.63) is 125 Å². The zero-order chi connectivity index (χ0) is 40.9. The van der Waals surface area contributed by atoms with E-state index >= 15 is 0 Å². The lowest BCUT2D eigenvalue weighted by molar-refractivity contribution is -0.142. The summed E-state index contributed by atoms with van der Waals surface area (Å²) in [4.78, 5) is 77.3. The Kier molecular flexibility index (Phi) is 14.4. The summed E-state index contributed by atoms with van der Waals surface area (Å²) in [5.74, 6) is -4.24. The third kappa shape index (κ3) is 11.9. The number of aromatic hydroxyl groups is 1. The van der Waals surface area contributed by atoms with Crippen molar-refractivity contribution < 1.29 is 43.7 Å². The number of hydrogen-bond acceptors (Lipinski definition) is 8. The lowest BCUT2D eigenvalue weighted by Gasteiger charge is -2.22. The summed E-state index contributed by atoms with van der Waals surface area (Å²) in [7, 11) is 0. The number of nitrogens with one attached hydrogen (secondary N) is 5. The van der Waals surface area contributed by atoms with Gasteiger partial charge in [-0.3, -0.25) is 19.2 Å². The fraction of sp³-hybridized carbons (Fsp3) is 0.302. The number of carbonyl (C=O) groups excluding carboxylic acids is 5. The van der Waals surface area contributed by atoms with Crippen LogP contribution < -0.4 is 26.6 Å². The van der Waals surface area contributed by atoms with Crippen LogP contribution in [0.4, 0.5) is 4.79 Å². The fourth-order valence-corrected chi connectivity index (χ4v) is 6.66. The number of carboxylic acids is 1. The van der Waals surface area contributed by atoms with E-state index in [0.29, 0.717) is 11.1 Å². The number of aliphatic carboxylic acids is 1. The van der Waals surface area contributed by atoms with E-state index in [0.717, 1.165) is 22.3 Å². The van der Waals surface area contributed by atoms with E-state index in [4.69, 9.17) is 4.74 Å². The summed E-state index contributed by atoms with van der Waals surface area (Å²) < 4.78 is 5.65. The van der Waals surface area contributed by atoms with Crippen molar-refractivity contribution >= 4 is 35.7 Å². The fourth-order valence-electron chi connectivity index (χ4n) is 6.66. The molecule has 0 aliphatic heterocycles. The maximum absolute atomic E-state index is 13.4. The van der Waals surface area contributed by atoms with Crippen molar-refractivity contribution in [3.8, 4) is 16.9 Å². The minimum atomic E-state index is -1.20. The van der Waals surface area contributed by atoms with Gasteiger partial charge < -0.3 is 41.5 Å². The van der Waals surface area contributed by atoms with Crippen LogP contribution in [0.15, 0.2) is 103 Å². The molecule has 0 saturated carbocycles. The molecule has 1 aliphatic carbocycles. The van der Waals surface area contributed by atoms with Crippen LogP contribution in [0.5, 0.6) is 5.75 Å². The maximum atomic E-state index is 13.4. The Morgan fingerprint density at radius 1 is 0.614 bits per heavy atom. The topological polar surface area (TPSA) is 212 Å². The number of carboxylic acid groups (broad SMARTS) is 1. The molecule has 298 valence electrons. The molecule has 7 N–H and O–H groups in total. The molecule has 14 nitrogen and oxygen atoms in total. The molecule has 14 heteroatoms. The molecule has 0 spiro atoms. The first-order valence-corrected chi connectivity index (χ1v) is 18.7. The standard InChI is InChI=1S/C43H47N5O9/c1-26(2)20-37(42(54)55)47-41(53)36(21-27-10-4-3-5-11-27)46-39(51)24-44-38(50)23-45-40(52)35(22-28-16-18-29(49)19-17-28)48-43(56)57-25-34-32-14-8-6-12-30(32)31-13-7-9-15-33(31)34/h3-19,26,34-37,49H,20-25H2,1-2H3,(H,44,50)(H,45,52)(H,46,51)(H,47,53)(H,48,56)(H,54,55)/t35-,36-,37-/m0/s1. The van der Waals surface area contributed by atoms with E-state index in [9.17, 15) is 39.0 Å². The Morgan fingerprint density at radius 2 is 1.16 bits per heavy atom. The third-order valence-corrected chi connectivity index (χ3v) is 9.45. The normalized spacial score (nSPS) is 13.2. The van der Waals surface area contributed by atoms with Crippen molar-refractivity contribution in [2.45, 2.75) is 57.2 Å². The molecule has 4 aromatic carbocycles. The van der Waals surface area contributed by atoms with E-state index < -0.39 is 66.9 Å². The van der Waals surface area contributed by atoms with Gasteiger partial charge in [-0.2, -0.15) is 0 Å². The average molecular weight is 778 g/mol. The Labute approximate surface area is 330 Å². The molecule has 3 atom stereocenters. The van der Waals surface area contributed by atoms with Crippen molar-refractivity contribution in [1.82, 2.24) is 26.6 Å². The summed E-state index contributed by atoms with van der Waals surface area (Å²) in [6.45, 7) is 2.58. The number of alkyl carbamates (subject to hydrolysis) is 1. The number of rotatable bonds is 18. The number of phenolic OH excluding ortho intramolecular Hbond substituents is 1. The van der Waals surface area contributed by atoms with Gasteiger partial charge in [-0.05, 0) is 57.9 Å². The highest BCUT2D eigenvalue weighted by molar-refractivity contribution is 5.93. The smallest absolute Gasteiger partial charge is 0.407 e. The molecule has 0 heterocycles. The van der Waals surface area contributed by atoms with Gasteiger partial charge in [-0.1, -0.05) is 105 Å². The second kappa shape index (κ2) is 19.8. The molecule has 5 rings (SSSR count). The van der Waals surface area contributed by atoms with Crippen LogP contribution in [0.2, 0.25) is 0 Å². The predicted molar refractivity (Wildman–Crippen MR) is 211 cm³/mol. The van der Waals surface area contributed by atoms with E-state index in [2.05, 4.69) is 26.6 Å². The van der Waals surface area contributed by atoms with Gasteiger partial charge in [0.2, 0.25) is 23.6 Å². The van der Waals surface area contributed by atoms with E-state index in [1.165, 1.54) is 12.1 Å². The van der Waals surface area contributed by atoms with Gasteiger partial charge in [-0.25, -0.2) is 9.59 Å². The van der Waals surface area contributed by atoms with Crippen LogP contribution in [-0.4, -0.2) is 83.7 Å². The first-order chi connectivity index (χ1) is 27.4. The number of fused-ring (bicyclic) bond motifs is 3. The summed E-state index contributed by atoms with van der Waals surface area (Å²) in [6, 6.07) is 27.2. The van der Waals surface area contributed by atoms with Crippen LogP contribution in [-0.2, 0) is 41.6 Å². The zero-order valence-corrected chi connectivity index (χ0v) is 31.7. The zero-order valence-electron chi connectivity index (χ0n) is 31.7. The number of hydrogen-bond donors (Lipinski definition) is 7. The average Bonchev–Trinajstić information content (AvgIpc) is 3.52. The highest BCUT2D eigenvalue weighted by atomic mass is 16.5. The van der Waals surface area contributed by atoms with E-state index in [-0.39, 0.29) is 43.5 Å². The predicted octanol–water partition coefficient (Wildman–Crippen LogP) is 3.42. The molecule has 0 saturated heterocycles. The number of benzene rings is 4. The van der Waals surface area contributed by atoms with Crippen LogP contribution in [0.1, 0.15) is 48.4 Å². The maximum Gasteiger partial charge on any atom is 0.407 e. The van der Waals surface area contributed by atoms with Gasteiger partial charge in [0.1, 0.15) is 30.5 Å². The molecule has 0 aromatic heterocycles. The van der Waals surface area contributed by atoms with E-state index in [1.807, 2.05) is 62.4 Å². The van der Waals surface area contributed by atoms with Crippen molar-refractivity contribution in [2.24, 2.45) is 5.92 Å². The van der Waals surface area contributed by atoms with Gasteiger partial charge in [0, 0.05) is 18.8 Å². The van der Waals surface area contributed by atoms with Gasteiger partial charge in [-0.15, -0.1) is 0 Å². The number of amides is 5. The summed E-state index contributed by atoms with van der Waals surface area (Å²) >= 11 is 0. The van der Waals surface area contributed by atoms with Gasteiger partial charge in [0.05, 0.1) is 13.1 Å². The van der Waals surface area contributed by atoms with Gasteiger partial charge >= 0.3 is 12.1 Å². The van der Waals surface area contributed by atoms with Crippen molar-refractivity contribution in [1.29, 1.82) is 0 Å². The summed E-state index contributed by atoms with van der Waals surface area (Å²) in [5, 5.41) is 31.9. The van der Waals surface area contributed by atoms with Crippen LogP contribution >= 0.6 is 0 Å². The molecule has 57 heavy (non-hydrogen) atoms. The highest BCUT2D eigenvalue weighted by Crippen LogP contribution is 2.44. The Balaban J connectivity index is 1.16. The SMILES string of the molecule is CC(C)C[C@H](NC(=O)[C@H](Cc1ccccc1)NC(=O)CNC(=O)CNC(=O)[C@H](Cc1ccc(O)cc1)NC(=O)OCC1c2ccccc2-c2ccccc21)C(=O)O. The molecule has 0 fully saturated rings. The Morgan fingerprint density at radius 3 is 1.75 bits per heavy atom. The largest absolute Gasteiger partial charge is 0.508 e. The highest BCUT2D eigenvalue weighted by Gasteiger charge is 2.31. The minimum absolute atomic E-state index is 0.00506. The second-order valence-electron chi connectivity index (χ2n) is 14.2. The molecule has 0 unspecified atom stereocenters. The molecule has 4 aromatic rings. The number of ether oxygens (including phenoxy) is 1. The van der Waals surface area contributed by atoms with Crippen molar-refractivity contribution in [3.63, 3.8) is 0 Å². The minimum Gasteiger partial charge on any atom is -0.508 e. The molecular weight excluding hydrogens is 730 g/mol. The van der Waals surface area contributed by atoms with Gasteiger partial charge in [0.15, 0.2) is 0 Å². The first-order valence-electron chi connectivity index (χ1n) is 18.7. The molecule has 1 aliphatic rings. The lowest BCUT2D eigenvalue weighted by Crippen LogP contribution is -2.54. The summed E-state index contributed by atoms with van der Waals surface area (Å²) in [6.07, 6.45) is -0.586. The quantitative estimate of drug-likeness (QED) is 0.0788. The molecule has 0 radical (unpaired) electrons. The Bertz CT molecular complexity index is 2010. The lowest BCUT2D eigenvalue weighted by atomic mass is 9.98. The second-order valence-corrected chi connectivity index (χ2v) is 14.2. The summed E-state index contributed by atoms with van der Waals surface area (Å²) in [5.41, 5.74) is 5.49. The van der Waals surface area contributed by atoms with Crippen LogP contribution in [0, 0.1) is 5.92 Å². The Hall–Kier alpha value is -6.70. The third-order valence-electron chi connectivity index (χ3n) is 9.45. The van der Waals surface area contributed by atoms with Crippen molar-refractivity contribution in [2.75, 3.05) is 19.7 Å². The number of carbonyl (C=O) groups is 6. The molecule has 5 amide bonds. The monoisotopic (exact) mass is 777 g/mol. The molecular formula is C43H47N5O9. The first kappa shape index (κ1) is 41.5. The molecule has 0 bridgehead atoms. The van der Waals surface area contributed by atoms with E-state index in [1.54, 1.807) is 42.5 Å². The van der Waals surface area contributed by atoms with Crippen LogP contribution in [0.3, 0.4) is 0 Å².